The van der Waals surface area contributed by atoms with Crippen molar-refractivity contribution in [2.24, 2.45) is 4.99 Å². The Bertz CT molecular complexity index is 537. The van der Waals surface area contributed by atoms with Crippen LogP contribution in [-0.4, -0.2) is 13.2 Å². The van der Waals surface area contributed by atoms with Crippen molar-refractivity contribution >= 4 is 11.8 Å². The van der Waals surface area contributed by atoms with E-state index in [0.717, 1.165) is 16.9 Å². The molecule has 0 aromatic heterocycles. The topological polar surface area (TPSA) is 38.7 Å². The largest absolute Gasteiger partial charge is 0.497 e. The predicted octanol–water partition coefficient (Wildman–Crippen LogP) is 3.33. The lowest BCUT2D eigenvalue weighted by Gasteiger charge is -2.03. The lowest BCUT2D eigenvalue weighted by atomic mass is 10.1. The first-order chi connectivity index (χ1) is 8.33. The number of isocyanates is 1. The third-order valence-electron chi connectivity index (χ3n) is 2.47. The molecule has 0 bridgehead atoms. The fraction of sp³-hybridized carbons (Fsp3) is 0.0714. The zero-order valence-electron chi connectivity index (χ0n) is 9.38. The zero-order chi connectivity index (χ0) is 12.1. The molecule has 0 aliphatic rings. The van der Waals surface area contributed by atoms with E-state index in [9.17, 15) is 4.79 Å². The first-order valence-corrected chi connectivity index (χ1v) is 5.16. The highest BCUT2D eigenvalue weighted by molar-refractivity contribution is 5.66. The number of benzene rings is 2. The fourth-order valence-electron chi connectivity index (χ4n) is 1.56. The van der Waals surface area contributed by atoms with Gasteiger partial charge in [0.05, 0.1) is 12.8 Å². The third kappa shape index (κ3) is 2.60. The number of rotatable bonds is 3. The van der Waals surface area contributed by atoms with Crippen molar-refractivity contribution < 1.29 is 9.53 Å². The second-order valence-corrected chi connectivity index (χ2v) is 3.48. The van der Waals surface area contributed by atoms with Crippen molar-refractivity contribution in [3.63, 3.8) is 0 Å². The summed E-state index contributed by atoms with van der Waals surface area (Å²) >= 11 is 0. The lowest BCUT2D eigenvalue weighted by Crippen LogP contribution is -1.82. The van der Waals surface area contributed by atoms with Crippen LogP contribution in [0, 0.1) is 0 Å². The summed E-state index contributed by atoms with van der Waals surface area (Å²) in [6, 6.07) is 15.2. The number of nitrogens with zero attached hydrogens (tertiary/aromatic N) is 1. The molecule has 0 fully saturated rings. The van der Waals surface area contributed by atoms with Crippen LogP contribution in [-0.2, 0) is 4.79 Å². The Balaban J connectivity index is 2.29. The van der Waals surface area contributed by atoms with Crippen LogP contribution in [0.4, 0.5) is 5.69 Å². The number of carbonyl (C=O) groups excluding carboxylic acids is 1. The highest BCUT2D eigenvalue weighted by atomic mass is 16.5. The molecule has 2 rings (SSSR count). The Morgan fingerprint density at radius 2 is 1.47 bits per heavy atom. The van der Waals surface area contributed by atoms with Crippen molar-refractivity contribution in [2.75, 3.05) is 7.11 Å². The average molecular weight is 225 g/mol. The van der Waals surface area contributed by atoms with E-state index in [4.69, 9.17) is 4.74 Å². The molecule has 0 unspecified atom stereocenters. The van der Waals surface area contributed by atoms with Gasteiger partial charge in [-0.05, 0) is 35.4 Å². The number of methoxy groups -OCH3 is 1. The molecule has 3 heteroatoms. The van der Waals surface area contributed by atoms with E-state index >= 15 is 0 Å². The molecule has 3 nitrogen and oxygen atoms in total. The summed E-state index contributed by atoms with van der Waals surface area (Å²) in [5.41, 5.74) is 2.77. The van der Waals surface area contributed by atoms with Gasteiger partial charge in [-0.25, -0.2) is 4.79 Å². The van der Waals surface area contributed by atoms with E-state index in [0.29, 0.717) is 5.69 Å². The smallest absolute Gasteiger partial charge is 0.240 e. The van der Waals surface area contributed by atoms with Crippen LogP contribution in [0.5, 0.6) is 5.75 Å². The van der Waals surface area contributed by atoms with E-state index in [1.165, 1.54) is 6.08 Å². The zero-order valence-corrected chi connectivity index (χ0v) is 9.38. The molecule has 0 atom stereocenters. The Morgan fingerprint density at radius 3 is 1.94 bits per heavy atom. The van der Waals surface area contributed by atoms with Crippen LogP contribution >= 0.6 is 0 Å². The van der Waals surface area contributed by atoms with Crippen LogP contribution in [0.2, 0.25) is 0 Å². The van der Waals surface area contributed by atoms with Crippen molar-refractivity contribution in [1.82, 2.24) is 0 Å². The molecule has 0 amide bonds. The maximum Gasteiger partial charge on any atom is 0.240 e. The summed E-state index contributed by atoms with van der Waals surface area (Å²) in [6.07, 6.45) is 1.52. The number of hydrogen-bond acceptors (Lipinski definition) is 3. The van der Waals surface area contributed by atoms with Gasteiger partial charge in [-0.15, -0.1) is 0 Å². The molecule has 0 aliphatic carbocycles. The molecule has 2 aromatic rings. The molecular weight excluding hydrogens is 214 g/mol. The van der Waals surface area contributed by atoms with E-state index in [2.05, 4.69) is 4.99 Å². The van der Waals surface area contributed by atoms with Gasteiger partial charge in [0.2, 0.25) is 6.08 Å². The van der Waals surface area contributed by atoms with Crippen molar-refractivity contribution in [1.29, 1.82) is 0 Å². The number of ether oxygens (including phenoxy) is 1. The van der Waals surface area contributed by atoms with Gasteiger partial charge in [0, 0.05) is 0 Å². The summed E-state index contributed by atoms with van der Waals surface area (Å²) in [5, 5.41) is 0. The monoisotopic (exact) mass is 225 g/mol. The van der Waals surface area contributed by atoms with Gasteiger partial charge in [-0.2, -0.15) is 4.99 Å². The van der Waals surface area contributed by atoms with E-state index in [-0.39, 0.29) is 0 Å². The van der Waals surface area contributed by atoms with Gasteiger partial charge in [-0.1, -0.05) is 24.3 Å². The molecule has 0 aliphatic heterocycles. The quantitative estimate of drug-likeness (QED) is 0.593. The van der Waals surface area contributed by atoms with Crippen LogP contribution in [0.3, 0.4) is 0 Å². The van der Waals surface area contributed by atoms with Crippen LogP contribution < -0.4 is 4.74 Å². The van der Waals surface area contributed by atoms with Gasteiger partial charge in [0.1, 0.15) is 5.75 Å². The van der Waals surface area contributed by atoms with E-state index in [1.54, 1.807) is 19.2 Å². The molecule has 0 N–H and O–H groups in total. The van der Waals surface area contributed by atoms with Gasteiger partial charge in [0.15, 0.2) is 0 Å². The second kappa shape index (κ2) is 5.10. The Hall–Kier alpha value is -2.38. The molecule has 0 saturated carbocycles. The molecule has 84 valence electrons. The van der Waals surface area contributed by atoms with Gasteiger partial charge in [-0.3, -0.25) is 0 Å². The molecule has 0 radical (unpaired) electrons. The van der Waals surface area contributed by atoms with Crippen LogP contribution in [0.1, 0.15) is 0 Å². The Kier molecular flexibility index (Phi) is 3.34. The first kappa shape index (κ1) is 11.1. The van der Waals surface area contributed by atoms with Crippen molar-refractivity contribution in [2.45, 2.75) is 0 Å². The molecular formula is C14H11NO2. The number of hydrogen-bond donors (Lipinski definition) is 0. The first-order valence-electron chi connectivity index (χ1n) is 5.16. The van der Waals surface area contributed by atoms with E-state index in [1.807, 2.05) is 36.4 Å². The molecule has 17 heavy (non-hydrogen) atoms. The summed E-state index contributed by atoms with van der Waals surface area (Å²) in [5.74, 6) is 0.830. The lowest BCUT2D eigenvalue weighted by molar-refractivity contribution is 0.415. The normalized spacial score (nSPS) is 9.47. The summed E-state index contributed by atoms with van der Waals surface area (Å²) in [6.45, 7) is 0. The minimum atomic E-state index is 0.609. The summed E-state index contributed by atoms with van der Waals surface area (Å²) in [7, 11) is 1.64. The standard InChI is InChI=1S/C14H11NO2/c1-17-14-8-4-12(5-9-14)11-2-6-13(7-3-11)15-10-16/h2-9H,1H3. The highest BCUT2D eigenvalue weighted by Crippen LogP contribution is 2.24. The summed E-state index contributed by atoms with van der Waals surface area (Å²) < 4.78 is 5.10. The van der Waals surface area contributed by atoms with Crippen molar-refractivity contribution in [3.8, 4) is 16.9 Å². The van der Waals surface area contributed by atoms with Crippen molar-refractivity contribution in [3.05, 3.63) is 48.5 Å². The molecule has 0 heterocycles. The van der Waals surface area contributed by atoms with Gasteiger partial charge in [0.25, 0.3) is 0 Å². The number of aliphatic imine (C=N–C) groups is 1. The Morgan fingerprint density at radius 1 is 0.941 bits per heavy atom. The third-order valence-corrected chi connectivity index (χ3v) is 2.47. The maximum absolute atomic E-state index is 10.1. The molecule has 0 spiro atoms. The van der Waals surface area contributed by atoms with Crippen LogP contribution in [0.15, 0.2) is 53.5 Å². The predicted molar refractivity (Wildman–Crippen MR) is 66.2 cm³/mol. The van der Waals surface area contributed by atoms with Crippen LogP contribution in [0.25, 0.3) is 11.1 Å². The van der Waals surface area contributed by atoms with E-state index < -0.39 is 0 Å². The minimum Gasteiger partial charge on any atom is -0.497 e. The average Bonchev–Trinajstić information content (AvgIpc) is 2.40. The van der Waals surface area contributed by atoms with Gasteiger partial charge >= 0.3 is 0 Å². The maximum atomic E-state index is 10.1. The molecule has 0 saturated heterocycles. The molecule has 2 aromatic carbocycles. The summed E-state index contributed by atoms with van der Waals surface area (Å²) in [4.78, 5) is 13.6. The fourth-order valence-corrected chi connectivity index (χ4v) is 1.56. The second-order valence-electron chi connectivity index (χ2n) is 3.48. The SMILES string of the molecule is COc1ccc(-c2ccc(N=C=O)cc2)cc1. The van der Waals surface area contributed by atoms with Gasteiger partial charge < -0.3 is 4.74 Å². The minimum absolute atomic E-state index is 0.609. The highest BCUT2D eigenvalue weighted by Gasteiger charge is 1.98. The Labute approximate surface area is 99.4 Å².